The van der Waals surface area contributed by atoms with Crippen molar-refractivity contribution in [3.63, 3.8) is 0 Å². The molecule has 0 N–H and O–H groups in total. The lowest BCUT2D eigenvalue weighted by molar-refractivity contribution is 0.467. The van der Waals surface area contributed by atoms with Crippen LogP contribution in [0.5, 0.6) is 0 Å². The van der Waals surface area contributed by atoms with Crippen molar-refractivity contribution in [2.24, 2.45) is 5.92 Å². The number of rotatable bonds is 5. The van der Waals surface area contributed by atoms with E-state index in [2.05, 4.69) is 10.2 Å². The first-order valence-electron chi connectivity index (χ1n) is 6.73. The van der Waals surface area contributed by atoms with Crippen molar-refractivity contribution in [3.05, 3.63) is 41.7 Å². The third-order valence-electron chi connectivity index (χ3n) is 3.20. The average Bonchev–Trinajstić information content (AvgIpc) is 2.81. The quantitative estimate of drug-likeness (QED) is 0.792. The maximum atomic E-state index is 11.6. The molecule has 0 aliphatic carbocycles. The fraction of sp³-hybridized carbons (Fsp3) is 0.429. The molecule has 1 unspecified atom stereocenters. The standard InChI is InChI=1S/C14H18ClN3O2S/c1-10(2)9-18-13(16-17-14(18)21(15,19)20)11(3)12-7-5-4-6-8-12/h4-8,10-11H,9H2,1-3H3. The van der Waals surface area contributed by atoms with Crippen LogP contribution in [0.15, 0.2) is 35.5 Å². The van der Waals surface area contributed by atoms with E-state index in [4.69, 9.17) is 10.7 Å². The molecule has 0 aliphatic heterocycles. The van der Waals surface area contributed by atoms with Crippen molar-refractivity contribution in [2.75, 3.05) is 0 Å². The van der Waals surface area contributed by atoms with Crippen molar-refractivity contribution in [1.29, 1.82) is 0 Å². The Morgan fingerprint density at radius 2 is 1.76 bits per heavy atom. The average molecular weight is 328 g/mol. The summed E-state index contributed by atoms with van der Waals surface area (Å²) in [6.45, 7) is 6.48. The highest BCUT2D eigenvalue weighted by Gasteiger charge is 2.26. The molecule has 7 heteroatoms. The Morgan fingerprint density at radius 1 is 1.14 bits per heavy atom. The zero-order valence-electron chi connectivity index (χ0n) is 12.2. The molecule has 0 saturated carbocycles. The van der Waals surface area contributed by atoms with E-state index in [-0.39, 0.29) is 17.0 Å². The summed E-state index contributed by atoms with van der Waals surface area (Å²) in [6, 6.07) is 9.77. The first kappa shape index (κ1) is 16.0. The van der Waals surface area contributed by atoms with Gasteiger partial charge < -0.3 is 4.57 Å². The minimum absolute atomic E-state index is 0.0652. The van der Waals surface area contributed by atoms with Gasteiger partial charge in [-0.25, -0.2) is 8.42 Å². The zero-order chi connectivity index (χ0) is 15.6. The maximum absolute atomic E-state index is 11.6. The molecule has 1 heterocycles. The van der Waals surface area contributed by atoms with Gasteiger partial charge in [-0.1, -0.05) is 51.1 Å². The Morgan fingerprint density at radius 3 is 2.29 bits per heavy atom. The molecular weight excluding hydrogens is 310 g/mol. The van der Waals surface area contributed by atoms with Gasteiger partial charge in [-0.05, 0) is 11.5 Å². The first-order chi connectivity index (χ1) is 9.80. The second-order valence-corrected chi connectivity index (χ2v) is 7.88. The Bertz CT molecular complexity index is 711. The Balaban J connectivity index is 2.51. The molecule has 0 saturated heterocycles. The molecule has 1 aromatic carbocycles. The monoisotopic (exact) mass is 327 g/mol. The molecular formula is C14H18ClN3O2S. The van der Waals surface area contributed by atoms with Gasteiger partial charge in [-0.15, -0.1) is 10.2 Å². The van der Waals surface area contributed by atoms with Crippen molar-refractivity contribution >= 4 is 19.7 Å². The number of aromatic nitrogens is 3. The van der Waals surface area contributed by atoms with E-state index in [9.17, 15) is 8.42 Å². The van der Waals surface area contributed by atoms with Crippen LogP contribution in [0.1, 0.15) is 38.1 Å². The summed E-state index contributed by atoms with van der Waals surface area (Å²) >= 11 is 0. The Hall–Kier alpha value is -1.40. The van der Waals surface area contributed by atoms with Crippen LogP contribution in [0.4, 0.5) is 0 Å². The molecule has 5 nitrogen and oxygen atoms in total. The summed E-state index contributed by atoms with van der Waals surface area (Å²) in [7, 11) is 1.55. The molecule has 0 radical (unpaired) electrons. The maximum Gasteiger partial charge on any atom is 0.296 e. The molecule has 21 heavy (non-hydrogen) atoms. The van der Waals surface area contributed by atoms with Gasteiger partial charge in [0.2, 0.25) is 0 Å². The van der Waals surface area contributed by atoms with Crippen LogP contribution < -0.4 is 0 Å². The van der Waals surface area contributed by atoms with E-state index in [0.29, 0.717) is 12.4 Å². The SMILES string of the molecule is CC(C)Cn1c(C(C)c2ccccc2)nnc1S(=O)(=O)Cl. The molecule has 1 atom stereocenters. The summed E-state index contributed by atoms with van der Waals surface area (Å²) in [5.74, 6) is 0.790. The third kappa shape index (κ3) is 3.63. The third-order valence-corrected chi connectivity index (χ3v) is 4.35. The number of nitrogens with zero attached hydrogens (tertiary/aromatic N) is 3. The molecule has 2 rings (SSSR count). The highest BCUT2D eigenvalue weighted by Crippen LogP contribution is 2.26. The highest BCUT2D eigenvalue weighted by atomic mass is 35.7. The van der Waals surface area contributed by atoms with E-state index in [1.807, 2.05) is 51.1 Å². The number of hydrogen-bond donors (Lipinski definition) is 0. The van der Waals surface area contributed by atoms with Crippen molar-refractivity contribution in [2.45, 2.75) is 38.4 Å². The van der Waals surface area contributed by atoms with Gasteiger partial charge in [0.1, 0.15) is 5.82 Å². The van der Waals surface area contributed by atoms with Gasteiger partial charge >= 0.3 is 0 Å². The molecule has 0 fully saturated rings. The van der Waals surface area contributed by atoms with E-state index in [0.717, 1.165) is 5.56 Å². The lowest BCUT2D eigenvalue weighted by atomic mass is 10.0. The van der Waals surface area contributed by atoms with E-state index in [1.165, 1.54) is 0 Å². The van der Waals surface area contributed by atoms with Crippen LogP contribution in [0.2, 0.25) is 0 Å². The van der Waals surface area contributed by atoms with Crippen molar-refractivity contribution in [3.8, 4) is 0 Å². The lowest BCUT2D eigenvalue weighted by Crippen LogP contribution is -2.15. The largest absolute Gasteiger partial charge is 0.300 e. The second kappa shape index (κ2) is 6.15. The van der Waals surface area contributed by atoms with Gasteiger partial charge in [-0.3, -0.25) is 0 Å². The molecule has 0 amide bonds. The number of hydrogen-bond acceptors (Lipinski definition) is 4. The molecule has 0 bridgehead atoms. The zero-order valence-corrected chi connectivity index (χ0v) is 13.8. The molecule has 1 aromatic heterocycles. The fourth-order valence-electron chi connectivity index (χ4n) is 2.23. The van der Waals surface area contributed by atoms with Gasteiger partial charge in [0, 0.05) is 23.1 Å². The van der Waals surface area contributed by atoms with Crippen LogP contribution >= 0.6 is 10.7 Å². The summed E-state index contributed by atoms with van der Waals surface area (Å²) in [4.78, 5) is 0. The smallest absolute Gasteiger partial charge is 0.296 e. The van der Waals surface area contributed by atoms with Crippen LogP contribution in [0.25, 0.3) is 0 Å². The van der Waals surface area contributed by atoms with Gasteiger partial charge in [0.05, 0.1) is 0 Å². The van der Waals surface area contributed by atoms with Gasteiger partial charge in [-0.2, -0.15) is 0 Å². The predicted octanol–water partition coefficient (Wildman–Crippen LogP) is 3.01. The second-order valence-electron chi connectivity index (χ2n) is 5.42. The Kier molecular flexibility index (Phi) is 4.68. The summed E-state index contributed by atoms with van der Waals surface area (Å²) < 4.78 is 24.9. The first-order valence-corrected chi connectivity index (χ1v) is 9.04. The number of benzene rings is 1. The summed E-state index contributed by atoms with van der Waals surface area (Å²) in [5, 5.41) is 7.66. The van der Waals surface area contributed by atoms with E-state index in [1.54, 1.807) is 4.57 Å². The fourth-order valence-corrected chi connectivity index (χ4v) is 3.14. The molecule has 2 aromatic rings. The molecule has 114 valence electrons. The highest BCUT2D eigenvalue weighted by molar-refractivity contribution is 8.13. The topological polar surface area (TPSA) is 64.8 Å². The number of halogens is 1. The van der Waals surface area contributed by atoms with E-state index < -0.39 is 9.05 Å². The van der Waals surface area contributed by atoms with Crippen LogP contribution in [0.3, 0.4) is 0 Å². The lowest BCUT2D eigenvalue weighted by Gasteiger charge is -2.16. The van der Waals surface area contributed by atoms with Crippen LogP contribution in [0, 0.1) is 5.92 Å². The Labute approximate surface area is 129 Å². The molecule has 0 aliphatic rings. The van der Waals surface area contributed by atoms with Crippen molar-refractivity contribution < 1.29 is 8.42 Å². The van der Waals surface area contributed by atoms with Gasteiger partial charge in [0.25, 0.3) is 14.2 Å². The van der Waals surface area contributed by atoms with Gasteiger partial charge in [0.15, 0.2) is 0 Å². The summed E-state index contributed by atoms with van der Waals surface area (Å²) in [6.07, 6.45) is 0. The van der Waals surface area contributed by atoms with Crippen LogP contribution in [-0.2, 0) is 15.6 Å². The van der Waals surface area contributed by atoms with E-state index >= 15 is 0 Å². The van der Waals surface area contributed by atoms with Crippen LogP contribution in [-0.4, -0.2) is 23.2 Å². The normalized spacial score (nSPS) is 13.6. The summed E-state index contributed by atoms with van der Waals surface area (Å²) in [5.41, 5.74) is 1.05. The molecule has 0 spiro atoms. The minimum atomic E-state index is -3.91. The van der Waals surface area contributed by atoms with Crippen molar-refractivity contribution in [1.82, 2.24) is 14.8 Å². The minimum Gasteiger partial charge on any atom is -0.300 e. The predicted molar refractivity (Wildman–Crippen MR) is 81.9 cm³/mol.